The molecule has 0 unspecified atom stereocenters. The van der Waals surface area contributed by atoms with E-state index in [0.29, 0.717) is 31.5 Å². The molecular weight excluding hydrogens is 489 g/mol. The number of benzene rings is 1. The predicted octanol–water partition coefficient (Wildman–Crippen LogP) is 3.72. The Labute approximate surface area is 213 Å². The Morgan fingerprint density at radius 1 is 1.22 bits per heavy atom. The lowest BCUT2D eigenvalue weighted by atomic mass is 9.92. The van der Waals surface area contributed by atoms with Crippen molar-refractivity contribution in [3.05, 3.63) is 46.6 Å². The quantitative estimate of drug-likeness (QED) is 0.627. The van der Waals surface area contributed by atoms with Crippen LogP contribution in [0, 0.1) is 0 Å². The largest absolute Gasteiger partial charge is 0.491 e. The maximum Gasteiger partial charge on any atom is 0.416 e. The number of rotatable bonds is 6. The Bertz CT molecular complexity index is 1230. The van der Waals surface area contributed by atoms with E-state index in [0.717, 1.165) is 36.7 Å². The highest BCUT2D eigenvalue weighted by molar-refractivity contribution is 5.97. The fourth-order valence-corrected chi connectivity index (χ4v) is 4.72. The highest BCUT2D eigenvalue weighted by Crippen LogP contribution is 2.33. The molecule has 11 heteroatoms. The zero-order valence-electron chi connectivity index (χ0n) is 21.5. The SMILES string of the molecule is Cn1c(C(C)(C)C)c/c(=N\C(=O)c2cc(C(F)(F)F)ccc2OC[C@H]2CCC(=O)N2)n1C[C@H]1CCCO1. The minimum absolute atomic E-state index is 0.0134. The van der Waals surface area contributed by atoms with E-state index in [4.69, 9.17) is 9.47 Å². The van der Waals surface area contributed by atoms with E-state index in [2.05, 4.69) is 10.3 Å². The second-order valence-electron chi connectivity index (χ2n) is 10.6. The van der Waals surface area contributed by atoms with Crippen molar-refractivity contribution in [1.82, 2.24) is 14.7 Å². The molecule has 2 saturated heterocycles. The third kappa shape index (κ3) is 6.26. The van der Waals surface area contributed by atoms with E-state index in [9.17, 15) is 22.8 Å². The molecule has 0 radical (unpaired) electrons. The maximum absolute atomic E-state index is 13.5. The average molecular weight is 523 g/mol. The van der Waals surface area contributed by atoms with Crippen molar-refractivity contribution in [2.75, 3.05) is 13.2 Å². The van der Waals surface area contributed by atoms with Crippen molar-refractivity contribution in [3.63, 3.8) is 0 Å². The molecule has 3 heterocycles. The summed E-state index contributed by atoms with van der Waals surface area (Å²) in [6.45, 7) is 7.27. The lowest BCUT2D eigenvalue weighted by Gasteiger charge is -2.21. The number of alkyl halides is 3. The normalized spacial score (nSPS) is 20.9. The Balaban J connectivity index is 1.73. The van der Waals surface area contributed by atoms with Crippen LogP contribution in [0.25, 0.3) is 0 Å². The molecule has 0 aliphatic carbocycles. The number of hydrogen-bond donors (Lipinski definition) is 1. The minimum atomic E-state index is -4.64. The molecule has 2 aliphatic heterocycles. The monoisotopic (exact) mass is 522 g/mol. The summed E-state index contributed by atoms with van der Waals surface area (Å²) in [4.78, 5) is 29.1. The number of hydrogen-bond acceptors (Lipinski definition) is 4. The first-order valence-corrected chi connectivity index (χ1v) is 12.4. The van der Waals surface area contributed by atoms with Gasteiger partial charge in [0.15, 0.2) is 5.49 Å². The minimum Gasteiger partial charge on any atom is -0.491 e. The fraction of sp³-hybridized carbons (Fsp3) is 0.577. The molecule has 1 aromatic heterocycles. The molecule has 2 aromatic rings. The lowest BCUT2D eigenvalue weighted by Crippen LogP contribution is -2.31. The number of amides is 2. The van der Waals surface area contributed by atoms with Crippen LogP contribution in [0.2, 0.25) is 0 Å². The van der Waals surface area contributed by atoms with Gasteiger partial charge in [-0.3, -0.25) is 19.0 Å². The van der Waals surface area contributed by atoms with E-state index in [-0.39, 0.29) is 41.4 Å². The molecule has 4 rings (SSSR count). The standard InChI is InChI=1S/C26H33F3N4O4/c1-25(2,3)21-13-22(33(32(21)4)14-18-6-5-11-36-18)31-24(35)19-12-16(26(27,28)29)7-9-20(19)37-15-17-8-10-23(34)30-17/h7,9,12-13,17-18H,5-6,8,10-11,14-15H2,1-4H3,(H,30,34)/b31-22+/t17-,18-/m1/s1. The highest BCUT2D eigenvalue weighted by atomic mass is 19.4. The second kappa shape index (κ2) is 10.4. The number of aromatic nitrogens is 2. The number of ether oxygens (including phenoxy) is 2. The van der Waals surface area contributed by atoms with E-state index in [1.165, 1.54) is 0 Å². The van der Waals surface area contributed by atoms with E-state index >= 15 is 0 Å². The van der Waals surface area contributed by atoms with Gasteiger partial charge in [0.25, 0.3) is 5.91 Å². The van der Waals surface area contributed by atoms with Gasteiger partial charge in [0, 0.05) is 37.3 Å². The molecule has 0 bridgehead atoms. The van der Waals surface area contributed by atoms with Gasteiger partial charge in [0.05, 0.1) is 29.8 Å². The van der Waals surface area contributed by atoms with Crippen LogP contribution < -0.4 is 15.5 Å². The van der Waals surface area contributed by atoms with Crippen LogP contribution in [0.3, 0.4) is 0 Å². The third-order valence-corrected chi connectivity index (χ3v) is 6.69. The van der Waals surface area contributed by atoms with Crippen molar-refractivity contribution in [3.8, 4) is 5.75 Å². The van der Waals surface area contributed by atoms with E-state index < -0.39 is 17.6 Å². The molecule has 2 aliphatic rings. The van der Waals surface area contributed by atoms with Gasteiger partial charge in [-0.2, -0.15) is 18.2 Å². The topological polar surface area (TPSA) is 86.9 Å². The molecule has 2 atom stereocenters. The second-order valence-corrected chi connectivity index (χ2v) is 10.6. The van der Waals surface area contributed by atoms with E-state index in [1.807, 2.05) is 37.2 Å². The number of halogens is 3. The van der Waals surface area contributed by atoms with Gasteiger partial charge >= 0.3 is 6.18 Å². The zero-order chi connectivity index (χ0) is 27.0. The number of carbonyl (C=O) groups excluding carboxylic acids is 2. The molecule has 0 spiro atoms. The maximum atomic E-state index is 13.5. The van der Waals surface area contributed by atoms with Crippen LogP contribution >= 0.6 is 0 Å². The van der Waals surface area contributed by atoms with Gasteiger partial charge in [-0.1, -0.05) is 20.8 Å². The Morgan fingerprint density at radius 2 is 1.97 bits per heavy atom. The molecule has 37 heavy (non-hydrogen) atoms. The van der Waals surface area contributed by atoms with Crippen LogP contribution in [0.1, 0.15) is 68.1 Å². The Kier molecular flexibility index (Phi) is 7.55. The lowest BCUT2D eigenvalue weighted by molar-refractivity contribution is -0.137. The third-order valence-electron chi connectivity index (χ3n) is 6.69. The molecule has 0 saturated carbocycles. The summed E-state index contributed by atoms with van der Waals surface area (Å²) in [5, 5.41) is 2.74. The first-order valence-electron chi connectivity index (χ1n) is 12.4. The molecule has 202 valence electrons. The Morgan fingerprint density at radius 3 is 2.57 bits per heavy atom. The summed E-state index contributed by atoms with van der Waals surface area (Å²) in [5.41, 5.74) is -0.277. The summed E-state index contributed by atoms with van der Waals surface area (Å²) < 4.78 is 55.7. The predicted molar refractivity (Wildman–Crippen MR) is 129 cm³/mol. The smallest absolute Gasteiger partial charge is 0.416 e. The number of nitrogens with one attached hydrogen (secondary N) is 1. The zero-order valence-corrected chi connectivity index (χ0v) is 21.5. The van der Waals surface area contributed by atoms with Crippen molar-refractivity contribution >= 4 is 11.8 Å². The van der Waals surface area contributed by atoms with E-state index in [1.54, 1.807) is 6.07 Å². The van der Waals surface area contributed by atoms with Crippen LogP contribution in [-0.4, -0.2) is 46.5 Å². The molecular formula is C26H33F3N4O4. The summed E-state index contributed by atoms with van der Waals surface area (Å²) in [6, 6.07) is 4.29. The number of nitrogens with zero attached hydrogens (tertiary/aromatic N) is 3. The molecule has 1 N–H and O–H groups in total. The molecule has 8 nitrogen and oxygen atoms in total. The van der Waals surface area contributed by atoms with Gasteiger partial charge < -0.3 is 14.8 Å². The average Bonchev–Trinajstić information content (AvgIpc) is 3.54. The fourth-order valence-electron chi connectivity index (χ4n) is 4.72. The van der Waals surface area contributed by atoms with Gasteiger partial charge in [0.2, 0.25) is 5.91 Å². The summed E-state index contributed by atoms with van der Waals surface area (Å²) in [7, 11) is 1.87. The van der Waals surface area contributed by atoms with Gasteiger partial charge in [-0.15, -0.1) is 0 Å². The van der Waals surface area contributed by atoms with Crippen molar-refractivity contribution in [2.24, 2.45) is 12.0 Å². The summed E-state index contributed by atoms with van der Waals surface area (Å²) in [5.74, 6) is -0.967. The molecule has 2 fully saturated rings. The Hall–Kier alpha value is -3.08. The van der Waals surface area contributed by atoms with Crippen molar-refractivity contribution in [2.45, 2.75) is 76.7 Å². The van der Waals surface area contributed by atoms with Crippen LogP contribution in [0.4, 0.5) is 13.2 Å². The molecule has 1 aromatic carbocycles. The first-order chi connectivity index (χ1) is 17.3. The van der Waals surface area contributed by atoms with Crippen molar-refractivity contribution in [1.29, 1.82) is 0 Å². The van der Waals surface area contributed by atoms with Gasteiger partial charge in [0.1, 0.15) is 12.4 Å². The summed E-state index contributed by atoms with van der Waals surface area (Å²) >= 11 is 0. The van der Waals surface area contributed by atoms with Gasteiger partial charge in [-0.25, -0.2) is 0 Å². The molecule has 2 amide bonds. The summed E-state index contributed by atoms with van der Waals surface area (Å²) in [6.07, 6.45) is -1.95. The van der Waals surface area contributed by atoms with Crippen LogP contribution in [-0.2, 0) is 34.7 Å². The van der Waals surface area contributed by atoms with Crippen LogP contribution in [0.15, 0.2) is 29.3 Å². The van der Waals surface area contributed by atoms with Gasteiger partial charge in [-0.05, 0) is 37.5 Å². The number of carbonyl (C=O) groups is 2. The first kappa shape index (κ1) is 27.0. The highest BCUT2D eigenvalue weighted by Gasteiger charge is 2.33. The van der Waals surface area contributed by atoms with Crippen molar-refractivity contribution < 1.29 is 32.2 Å². The van der Waals surface area contributed by atoms with Crippen LogP contribution in [0.5, 0.6) is 5.75 Å².